The van der Waals surface area contributed by atoms with Gasteiger partial charge in [-0.25, -0.2) is 0 Å². The number of thioether (sulfide) groups is 1. The minimum Gasteiger partial charge on any atom is -0.378 e. The number of rotatable bonds is 2. The zero-order chi connectivity index (χ0) is 9.80. The highest BCUT2D eigenvalue weighted by molar-refractivity contribution is 8.00. The Kier molecular flexibility index (Phi) is 3.45. The summed E-state index contributed by atoms with van der Waals surface area (Å²) < 4.78 is 5.39. The highest BCUT2D eigenvalue weighted by atomic mass is 32.2. The zero-order valence-corrected chi connectivity index (χ0v) is 9.14. The molecule has 0 aliphatic carbocycles. The molecule has 1 aromatic rings. The van der Waals surface area contributed by atoms with E-state index in [4.69, 9.17) is 4.74 Å². The normalized spacial score (nSPS) is 22.2. The van der Waals surface area contributed by atoms with E-state index in [9.17, 15) is 0 Å². The van der Waals surface area contributed by atoms with Crippen molar-refractivity contribution in [2.75, 3.05) is 19.8 Å². The van der Waals surface area contributed by atoms with E-state index < -0.39 is 0 Å². The molecule has 1 atom stereocenters. The molecule has 1 aromatic carbocycles. The molecule has 1 aliphatic rings. The summed E-state index contributed by atoms with van der Waals surface area (Å²) in [6.45, 7) is 4.71. The van der Waals surface area contributed by atoms with Crippen molar-refractivity contribution in [3.63, 3.8) is 0 Å². The minimum atomic E-state index is 0.409. The van der Waals surface area contributed by atoms with Gasteiger partial charge in [0.25, 0.3) is 0 Å². The fourth-order valence-electron chi connectivity index (χ4n) is 1.40. The summed E-state index contributed by atoms with van der Waals surface area (Å²) in [6.07, 6.45) is 0. The first-order chi connectivity index (χ1) is 6.84. The van der Waals surface area contributed by atoms with Gasteiger partial charge in [0.2, 0.25) is 0 Å². The number of nitrogens with one attached hydrogen (secondary N) is 1. The molecule has 0 bridgehead atoms. The van der Waals surface area contributed by atoms with Gasteiger partial charge in [-0.05, 0) is 19.1 Å². The van der Waals surface area contributed by atoms with Crippen molar-refractivity contribution >= 4 is 11.8 Å². The van der Waals surface area contributed by atoms with Gasteiger partial charge in [-0.15, -0.1) is 11.8 Å². The van der Waals surface area contributed by atoms with Gasteiger partial charge in [0.05, 0.1) is 18.6 Å². The molecule has 1 aliphatic heterocycles. The molecule has 0 amide bonds. The van der Waals surface area contributed by atoms with Gasteiger partial charge in [0.1, 0.15) is 0 Å². The SMILES string of the molecule is Cc1ccc(SC2COCCN2)cc1. The summed E-state index contributed by atoms with van der Waals surface area (Å²) in [4.78, 5) is 1.30. The number of aryl methyl sites for hydroxylation is 1. The van der Waals surface area contributed by atoms with Gasteiger partial charge in [0, 0.05) is 11.4 Å². The molecule has 1 heterocycles. The Morgan fingerprint density at radius 3 is 2.79 bits per heavy atom. The van der Waals surface area contributed by atoms with E-state index in [2.05, 4.69) is 36.5 Å². The molecule has 76 valence electrons. The van der Waals surface area contributed by atoms with E-state index in [1.165, 1.54) is 10.5 Å². The van der Waals surface area contributed by atoms with Crippen LogP contribution in [0.5, 0.6) is 0 Å². The lowest BCUT2D eigenvalue weighted by Gasteiger charge is -2.23. The molecule has 2 rings (SSSR count). The van der Waals surface area contributed by atoms with E-state index in [-0.39, 0.29) is 0 Å². The van der Waals surface area contributed by atoms with Crippen molar-refractivity contribution in [1.82, 2.24) is 5.32 Å². The first kappa shape index (κ1) is 10.0. The second-order valence-electron chi connectivity index (χ2n) is 3.45. The first-order valence-corrected chi connectivity index (χ1v) is 5.77. The lowest BCUT2D eigenvalue weighted by atomic mass is 10.2. The van der Waals surface area contributed by atoms with Crippen molar-refractivity contribution in [1.29, 1.82) is 0 Å². The fraction of sp³-hybridized carbons (Fsp3) is 0.455. The second kappa shape index (κ2) is 4.82. The fourth-order valence-corrected chi connectivity index (χ4v) is 2.39. The van der Waals surface area contributed by atoms with E-state index in [0.29, 0.717) is 5.37 Å². The third kappa shape index (κ3) is 2.74. The minimum absolute atomic E-state index is 0.409. The van der Waals surface area contributed by atoms with Crippen LogP contribution < -0.4 is 5.32 Å². The average Bonchev–Trinajstić information content (AvgIpc) is 2.23. The number of benzene rings is 1. The Morgan fingerprint density at radius 1 is 1.36 bits per heavy atom. The number of morpholine rings is 1. The highest BCUT2D eigenvalue weighted by Crippen LogP contribution is 2.23. The van der Waals surface area contributed by atoms with Crippen molar-refractivity contribution in [3.05, 3.63) is 29.8 Å². The predicted molar refractivity (Wildman–Crippen MR) is 59.6 cm³/mol. The largest absolute Gasteiger partial charge is 0.378 e. The molecular weight excluding hydrogens is 194 g/mol. The van der Waals surface area contributed by atoms with Gasteiger partial charge < -0.3 is 10.1 Å². The Balaban J connectivity index is 1.92. The third-order valence-corrected chi connectivity index (χ3v) is 3.32. The van der Waals surface area contributed by atoms with Gasteiger partial charge in [-0.2, -0.15) is 0 Å². The van der Waals surface area contributed by atoms with E-state index in [1.807, 2.05) is 11.8 Å². The molecule has 0 radical (unpaired) electrons. The molecule has 3 heteroatoms. The Labute approximate surface area is 89.0 Å². The van der Waals surface area contributed by atoms with Crippen LogP contribution in [0.2, 0.25) is 0 Å². The molecule has 2 nitrogen and oxygen atoms in total. The Bertz CT molecular complexity index is 280. The van der Waals surface area contributed by atoms with Crippen LogP contribution in [0.4, 0.5) is 0 Å². The van der Waals surface area contributed by atoms with Crippen molar-refractivity contribution in [3.8, 4) is 0 Å². The monoisotopic (exact) mass is 209 g/mol. The topological polar surface area (TPSA) is 21.3 Å². The van der Waals surface area contributed by atoms with E-state index >= 15 is 0 Å². The Morgan fingerprint density at radius 2 is 2.14 bits per heavy atom. The maximum absolute atomic E-state index is 5.39. The van der Waals surface area contributed by atoms with Crippen LogP contribution in [0.25, 0.3) is 0 Å². The smallest absolute Gasteiger partial charge is 0.0817 e. The molecule has 1 fully saturated rings. The lowest BCUT2D eigenvalue weighted by Crippen LogP contribution is -2.38. The number of ether oxygens (including phenoxy) is 1. The summed E-state index contributed by atoms with van der Waals surface area (Å²) >= 11 is 1.84. The number of hydrogen-bond donors (Lipinski definition) is 1. The van der Waals surface area contributed by atoms with Crippen molar-refractivity contribution in [2.24, 2.45) is 0 Å². The molecule has 0 saturated carbocycles. The Hall–Kier alpha value is -0.510. The van der Waals surface area contributed by atoms with E-state index in [0.717, 1.165) is 19.8 Å². The summed E-state index contributed by atoms with van der Waals surface area (Å²) in [6, 6.07) is 8.62. The van der Waals surface area contributed by atoms with Crippen LogP contribution in [0.1, 0.15) is 5.56 Å². The van der Waals surface area contributed by atoms with Crippen LogP contribution in [-0.4, -0.2) is 25.1 Å². The summed E-state index contributed by atoms with van der Waals surface area (Å²) in [5.74, 6) is 0. The van der Waals surface area contributed by atoms with Crippen LogP contribution >= 0.6 is 11.8 Å². The van der Waals surface area contributed by atoms with Crippen molar-refractivity contribution < 1.29 is 4.74 Å². The standard InChI is InChI=1S/C11H15NOS/c1-9-2-4-10(5-3-9)14-11-8-13-7-6-12-11/h2-5,11-12H,6-8H2,1H3. The number of hydrogen-bond acceptors (Lipinski definition) is 3. The average molecular weight is 209 g/mol. The molecular formula is C11H15NOS. The van der Waals surface area contributed by atoms with Gasteiger partial charge in [-0.3, -0.25) is 0 Å². The van der Waals surface area contributed by atoms with Crippen LogP contribution in [0, 0.1) is 6.92 Å². The quantitative estimate of drug-likeness (QED) is 0.805. The molecule has 1 N–H and O–H groups in total. The van der Waals surface area contributed by atoms with Gasteiger partial charge >= 0.3 is 0 Å². The van der Waals surface area contributed by atoms with Crippen molar-refractivity contribution in [2.45, 2.75) is 17.2 Å². The predicted octanol–water partition coefficient (Wildman–Crippen LogP) is 2.03. The summed E-state index contributed by atoms with van der Waals surface area (Å²) in [5, 5.41) is 3.83. The zero-order valence-electron chi connectivity index (χ0n) is 8.32. The third-order valence-electron chi connectivity index (χ3n) is 2.19. The van der Waals surface area contributed by atoms with Gasteiger partial charge in [0.15, 0.2) is 0 Å². The molecule has 0 spiro atoms. The molecule has 0 aromatic heterocycles. The van der Waals surface area contributed by atoms with Crippen LogP contribution in [0.15, 0.2) is 29.2 Å². The summed E-state index contributed by atoms with van der Waals surface area (Å²) in [7, 11) is 0. The molecule has 1 unspecified atom stereocenters. The maximum Gasteiger partial charge on any atom is 0.0817 e. The van der Waals surface area contributed by atoms with Gasteiger partial charge in [-0.1, -0.05) is 17.7 Å². The van der Waals surface area contributed by atoms with E-state index in [1.54, 1.807) is 0 Å². The molecule has 1 saturated heterocycles. The molecule has 14 heavy (non-hydrogen) atoms. The van der Waals surface area contributed by atoms with Crippen LogP contribution in [-0.2, 0) is 4.74 Å². The first-order valence-electron chi connectivity index (χ1n) is 4.89. The lowest BCUT2D eigenvalue weighted by molar-refractivity contribution is 0.100. The second-order valence-corrected chi connectivity index (χ2v) is 4.72. The maximum atomic E-state index is 5.39. The summed E-state index contributed by atoms with van der Waals surface area (Å²) in [5.41, 5.74) is 1.31. The highest BCUT2D eigenvalue weighted by Gasteiger charge is 2.13. The van der Waals surface area contributed by atoms with Crippen LogP contribution in [0.3, 0.4) is 0 Å².